The van der Waals surface area contributed by atoms with E-state index in [1.807, 2.05) is 44.4 Å². The van der Waals surface area contributed by atoms with Gasteiger partial charge in [-0.2, -0.15) is 0 Å². The zero-order chi connectivity index (χ0) is 17.9. The lowest BCUT2D eigenvalue weighted by Gasteiger charge is -2.42. The van der Waals surface area contributed by atoms with Crippen LogP contribution in [0.25, 0.3) is 10.9 Å². The molecule has 3 rings (SSSR count). The summed E-state index contributed by atoms with van der Waals surface area (Å²) in [7, 11) is 4.01. The fraction of sp³-hybridized carbons (Fsp3) is 0.500. The maximum Gasteiger partial charge on any atom is 0.232 e. The Morgan fingerprint density at radius 3 is 2.88 bits per heavy atom. The van der Waals surface area contributed by atoms with Crippen molar-refractivity contribution < 1.29 is 4.79 Å². The minimum atomic E-state index is -0.674. The lowest BCUT2D eigenvalue weighted by molar-refractivity contribution is -0.128. The van der Waals surface area contributed by atoms with Crippen molar-refractivity contribution in [3.63, 3.8) is 0 Å². The standard InChI is InChI=1S/C20H28N4O/c1-24(2)14-13-23-19(25)20(11-6-5-9-18(20)21)16-10-12-22-17-8-4-3-7-15(16)17/h3-4,7-8,10,12,18H,5-6,9,11,13-14,21H2,1-2H3,(H,23,25). The number of aromatic nitrogens is 1. The molecule has 2 aromatic rings. The molecule has 1 fully saturated rings. The van der Waals surface area contributed by atoms with Crippen molar-refractivity contribution in [2.45, 2.75) is 37.1 Å². The van der Waals surface area contributed by atoms with E-state index in [0.29, 0.717) is 6.54 Å². The molecule has 0 bridgehead atoms. The van der Waals surface area contributed by atoms with Crippen LogP contribution in [0.5, 0.6) is 0 Å². The van der Waals surface area contributed by atoms with E-state index < -0.39 is 5.41 Å². The van der Waals surface area contributed by atoms with Crippen molar-refractivity contribution in [1.82, 2.24) is 15.2 Å². The van der Waals surface area contributed by atoms with Crippen molar-refractivity contribution in [1.29, 1.82) is 0 Å². The normalized spacial score (nSPS) is 23.8. The Hall–Kier alpha value is -1.98. The molecule has 2 unspecified atom stereocenters. The van der Waals surface area contributed by atoms with Crippen molar-refractivity contribution in [3.05, 3.63) is 42.1 Å². The molecule has 134 valence electrons. The van der Waals surface area contributed by atoms with Crippen LogP contribution in [0.1, 0.15) is 31.2 Å². The average molecular weight is 340 g/mol. The summed E-state index contributed by atoms with van der Waals surface area (Å²) >= 11 is 0. The van der Waals surface area contributed by atoms with Crippen LogP contribution in [0.15, 0.2) is 36.5 Å². The quantitative estimate of drug-likeness (QED) is 0.874. The highest BCUT2D eigenvalue weighted by molar-refractivity contribution is 5.95. The van der Waals surface area contributed by atoms with Gasteiger partial charge in [-0.15, -0.1) is 0 Å². The van der Waals surface area contributed by atoms with E-state index in [2.05, 4.69) is 15.2 Å². The summed E-state index contributed by atoms with van der Waals surface area (Å²) in [6.07, 6.45) is 5.56. The van der Waals surface area contributed by atoms with E-state index >= 15 is 0 Å². The minimum Gasteiger partial charge on any atom is -0.354 e. The predicted octanol–water partition coefficient (Wildman–Crippen LogP) is 2.05. The number of carbonyl (C=O) groups is 1. The lowest BCUT2D eigenvalue weighted by atomic mass is 9.65. The van der Waals surface area contributed by atoms with Gasteiger partial charge >= 0.3 is 0 Å². The van der Waals surface area contributed by atoms with Gasteiger partial charge in [0, 0.05) is 30.7 Å². The number of para-hydroxylation sites is 1. The van der Waals surface area contributed by atoms with Gasteiger partial charge in [0.2, 0.25) is 5.91 Å². The van der Waals surface area contributed by atoms with Gasteiger partial charge in [-0.25, -0.2) is 0 Å². The van der Waals surface area contributed by atoms with Gasteiger partial charge in [0.05, 0.1) is 10.9 Å². The van der Waals surface area contributed by atoms with E-state index in [1.165, 1.54) is 0 Å². The van der Waals surface area contributed by atoms with Crippen LogP contribution < -0.4 is 11.1 Å². The second kappa shape index (κ2) is 7.50. The number of amides is 1. The van der Waals surface area contributed by atoms with Crippen LogP contribution in [0.3, 0.4) is 0 Å². The van der Waals surface area contributed by atoms with Gasteiger partial charge in [-0.05, 0) is 44.6 Å². The molecule has 0 spiro atoms. The summed E-state index contributed by atoms with van der Waals surface area (Å²) < 4.78 is 0. The zero-order valence-corrected chi connectivity index (χ0v) is 15.2. The zero-order valence-electron chi connectivity index (χ0n) is 15.2. The topological polar surface area (TPSA) is 71.2 Å². The average Bonchev–Trinajstić information content (AvgIpc) is 2.61. The Kier molecular flexibility index (Phi) is 5.35. The fourth-order valence-corrected chi connectivity index (χ4v) is 3.97. The number of carbonyl (C=O) groups excluding carboxylic acids is 1. The van der Waals surface area contributed by atoms with Crippen LogP contribution >= 0.6 is 0 Å². The number of rotatable bonds is 5. The van der Waals surface area contributed by atoms with E-state index in [0.717, 1.165) is 48.7 Å². The molecule has 1 heterocycles. The van der Waals surface area contributed by atoms with Crippen molar-refractivity contribution in [2.75, 3.05) is 27.2 Å². The first-order valence-electron chi connectivity index (χ1n) is 9.08. The molecular weight excluding hydrogens is 312 g/mol. The van der Waals surface area contributed by atoms with Crippen LogP contribution in [-0.2, 0) is 10.2 Å². The second-order valence-electron chi connectivity index (χ2n) is 7.26. The molecule has 5 heteroatoms. The number of hydrogen-bond donors (Lipinski definition) is 2. The summed E-state index contributed by atoms with van der Waals surface area (Å²) in [6, 6.07) is 9.83. The highest BCUT2D eigenvalue weighted by Gasteiger charge is 2.47. The number of fused-ring (bicyclic) bond motifs is 1. The van der Waals surface area contributed by atoms with Gasteiger partial charge < -0.3 is 16.0 Å². The summed E-state index contributed by atoms with van der Waals surface area (Å²) in [6.45, 7) is 1.44. The molecule has 0 radical (unpaired) electrons. The molecule has 1 aliphatic rings. The largest absolute Gasteiger partial charge is 0.354 e. The fourth-order valence-electron chi connectivity index (χ4n) is 3.97. The van der Waals surface area contributed by atoms with Crippen molar-refractivity contribution in [2.24, 2.45) is 5.73 Å². The Morgan fingerprint density at radius 2 is 2.12 bits per heavy atom. The Morgan fingerprint density at radius 1 is 1.32 bits per heavy atom. The summed E-state index contributed by atoms with van der Waals surface area (Å²) in [4.78, 5) is 19.8. The Bertz CT molecular complexity index is 740. The third kappa shape index (κ3) is 3.39. The Labute approximate surface area is 149 Å². The van der Waals surface area contributed by atoms with E-state index in [1.54, 1.807) is 6.20 Å². The summed E-state index contributed by atoms with van der Waals surface area (Å²) in [5.74, 6) is 0.0536. The number of hydrogen-bond acceptors (Lipinski definition) is 4. The molecule has 1 aliphatic carbocycles. The van der Waals surface area contributed by atoms with Crippen LogP contribution in [0.4, 0.5) is 0 Å². The molecule has 25 heavy (non-hydrogen) atoms. The monoisotopic (exact) mass is 340 g/mol. The molecule has 3 N–H and O–H groups in total. The first-order valence-corrected chi connectivity index (χ1v) is 9.08. The van der Waals surface area contributed by atoms with Crippen LogP contribution in [-0.4, -0.2) is 49.0 Å². The van der Waals surface area contributed by atoms with Crippen molar-refractivity contribution in [3.8, 4) is 0 Å². The highest BCUT2D eigenvalue weighted by atomic mass is 16.2. The third-order valence-corrected chi connectivity index (χ3v) is 5.35. The maximum absolute atomic E-state index is 13.3. The van der Waals surface area contributed by atoms with Gasteiger partial charge in [0.1, 0.15) is 0 Å². The highest BCUT2D eigenvalue weighted by Crippen LogP contribution is 2.41. The van der Waals surface area contributed by atoms with E-state index in [4.69, 9.17) is 5.73 Å². The molecule has 2 atom stereocenters. The first kappa shape index (κ1) is 17.8. The molecule has 1 amide bonds. The minimum absolute atomic E-state index is 0.0536. The van der Waals surface area contributed by atoms with Gasteiger partial charge in [0.25, 0.3) is 0 Å². The maximum atomic E-state index is 13.3. The molecule has 5 nitrogen and oxygen atoms in total. The van der Waals surface area contributed by atoms with Gasteiger partial charge in [-0.3, -0.25) is 9.78 Å². The second-order valence-corrected chi connectivity index (χ2v) is 7.26. The predicted molar refractivity (Wildman–Crippen MR) is 101 cm³/mol. The van der Waals surface area contributed by atoms with Gasteiger partial charge in [-0.1, -0.05) is 31.0 Å². The first-order chi connectivity index (χ1) is 12.1. The van der Waals surface area contributed by atoms with E-state index in [-0.39, 0.29) is 11.9 Å². The molecular formula is C20H28N4O. The molecule has 1 aromatic heterocycles. The SMILES string of the molecule is CN(C)CCNC(=O)C1(c2ccnc3ccccc23)CCCCC1N. The molecule has 1 saturated carbocycles. The molecule has 0 saturated heterocycles. The number of nitrogens with two attached hydrogens (primary N) is 1. The lowest BCUT2D eigenvalue weighted by Crippen LogP contribution is -2.58. The number of nitrogens with one attached hydrogen (secondary N) is 1. The third-order valence-electron chi connectivity index (χ3n) is 5.35. The summed E-state index contributed by atoms with van der Waals surface area (Å²) in [5.41, 5.74) is 7.84. The number of benzene rings is 1. The van der Waals surface area contributed by atoms with Gasteiger partial charge in [0.15, 0.2) is 0 Å². The number of pyridine rings is 1. The molecule has 1 aromatic carbocycles. The van der Waals surface area contributed by atoms with E-state index in [9.17, 15) is 4.79 Å². The van der Waals surface area contributed by atoms with Crippen LogP contribution in [0.2, 0.25) is 0 Å². The van der Waals surface area contributed by atoms with Crippen molar-refractivity contribution >= 4 is 16.8 Å². The van der Waals surface area contributed by atoms with Crippen LogP contribution in [0, 0.1) is 0 Å². The smallest absolute Gasteiger partial charge is 0.232 e. The summed E-state index contributed by atoms with van der Waals surface area (Å²) in [5, 5.41) is 4.17. The molecule has 0 aliphatic heterocycles. The number of likely N-dealkylation sites (N-methyl/N-ethyl adjacent to an activating group) is 1. The Balaban J connectivity index is 2.03. The number of nitrogens with zero attached hydrogens (tertiary/aromatic N) is 2.